The lowest BCUT2D eigenvalue weighted by Gasteiger charge is -2.42. The van der Waals surface area contributed by atoms with Gasteiger partial charge >= 0.3 is 0 Å². The number of para-hydroxylation sites is 1. The van der Waals surface area contributed by atoms with Crippen molar-refractivity contribution < 1.29 is 14.3 Å². The number of fused-ring (bicyclic) bond motifs is 1. The predicted molar refractivity (Wildman–Crippen MR) is 140 cm³/mol. The minimum Gasteiger partial charge on any atom is -0.491 e. The molecule has 4 rings (SSSR count). The molecule has 1 saturated carbocycles. The number of benzene rings is 1. The molecule has 1 aliphatic carbocycles. The second-order valence-corrected chi connectivity index (χ2v) is 11.7. The van der Waals surface area contributed by atoms with E-state index in [-0.39, 0.29) is 23.3 Å². The standard InChI is InChI=1S/C30H46N2O3/c1-23(2)21-26-22-35-27-15-9-8-12-24(27)11-7-4-10-16-30(29(34)31-26)17-19-32(20-18-30)28(33)25-13-5-3-6-14-25/h8-9,12,15,23,25-26H,3-7,10-11,13-14,16-22H2,1-2H3,(H,31,34)/t26-/m0/s1. The Morgan fingerprint density at radius 2 is 1.74 bits per heavy atom. The van der Waals surface area contributed by atoms with Crippen LogP contribution in [0.3, 0.4) is 0 Å². The SMILES string of the molecule is CC(C)C[C@H]1COc2ccccc2CCCCCC2(CCN(C(=O)C3CCCCC3)CC2)C(=O)N1. The molecule has 2 aliphatic heterocycles. The Morgan fingerprint density at radius 1 is 1.03 bits per heavy atom. The normalized spacial score (nSPS) is 24.5. The fourth-order valence-corrected chi connectivity index (χ4v) is 6.43. The molecule has 3 aliphatic rings. The topological polar surface area (TPSA) is 58.6 Å². The van der Waals surface area contributed by atoms with Crippen LogP contribution in [0.4, 0.5) is 0 Å². The average Bonchev–Trinajstić information content (AvgIpc) is 2.88. The number of nitrogens with zero attached hydrogens (tertiary/aromatic N) is 1. The van der Waals surface area contributed by atoms with Crippen LogP contribution in [-0.2, 0) is 16.0 Å². The first-order valence-electron chi connectivity index (χ1n) is 14.3. The monoisotopic (exact) mass is 482 g/mol. The van der Waals surface area contributed by atoms with Crippen LogP contribution < -0.4 is 10.1 Å². The quantitative estimate of drug-likeness (QED) is 0.583. The fraction of sp³-hybridized carbons (Fsp3) is 0.733. The molecule has 0 unspecified atom stereocenters. The molecule has 1 spiro atoms. The second-order valence-electron chi connectivity index (χ2n) is 11.7. The molecule has 5 nitrogen and oxygen atoms in total. The predicted octanol–water partition coefficient (Wildman–Crippen LogP) is 5.90. The van der Waals surface area contributed by atoms with Crippen LogP contribution >= 0.6 is 0 Å². The van der Waals surface area contributed by atoms with Crippen LogP contribution in [0.1, 0.15) is 96.5 Å². The number of ether oxygens (including phenoxy) is 1. The zero-order valence-corrected chi connectivity index (χ0v) is 22.0. The average molecular weight is 483 g/mol. The molecule has 1 N–H and O–H groups in total. The van der Waals surface area contributed by atoms with Gasteiger partial charge in [-0.3, -0.25) is 9.59 Å². The lowest BCUT2D eigenvalue weighted by atomic mass is 9.73. The molecule has 1 atom stereocenters. The highest BCUT2D eigenvalue weighted by Crippen LogP contribution is 2.39. The van der Waals surface area contributed by atoms with Gasteiger partial charge in [-0.15, -0.1) is 0 Å². The number of likely N-dealkylation sites (tertiary alicyclic amines) is 1. The van der Waals surface area contributed by atoms with Crippen molar-refractivity contribution in [2.24, 2.45) is 17.3 Å². The molecule has 35 heavy (non-hydrogen) atoms. The third-order valence-electron chi connectivity index (χ3n) is 8.57. The van der Waals surface area contributed by atoms with Crippen LogP contribution in [0.15, 0.2) is 24.3 Å². The van der Waals surface area contributed by atoms with Gasteiger partial charge in [0, 0.05) is 19.0 Å². The highest BCUT2D eigenvalue weighted by Gasteiger charge is 2.43. The van der Waals surface area contributed by atoms with Gasteiger partial charge in [-0.1, -0.05) is 64.2 Å². The number of piperidine rings is 1. The Morgan fingerprint density at radius 3 is 2.49 bits per heavy atom. The third kappa shape index (κ3) is 6.80. The molecule has 2 heterocycles. The van der Waals surface area contributed by atoms with E-state index < -0.39 is 0 Å². The second kappa shape index (κ2) is 12.3. The summed E-state index contributed by atoms with van der Waals surface area (Å²) in [7, 11) is 0. The van der Waals surface area contributed by atoms with Crippen molar-refractivity contribution in [2.45, 2.75) is 103 Å². The van der Waals surface area contributed by atoms with E-state index in [1.807, 2.05) is 6.07 Å². The Balaban J connectivity index is 1.46. The largest absolute Gasteiger partial charge is 0.491 e. The van der Waals surface area contributed by atoms with E-state index in [0.29, 0.717) is 18.4 Å². The number of amides is 2. The number of aryl methyl sites for hydroxylation is 1. The zero-order chi connectivity index (χ0) is 24.7. The van der Waals surface area contributed by atoms with Crippen molar-refractivity contribution >= 4 is 11.8 Å². The van der Waals surface area contributed by atoms with Crippen LogP contribution in [0, 0.1) is 17.3 Å². The number of carbonyl (C=O) groups excluding carboxylic acids is 2. The van der Waals surface area contributed by atoms with Crippen molar-refractivity contribution in [3.05, 3.63) is 29.8 Å². The molecular weight excluding hydrogens is 436 g/mol. The van der Waals surface area contributed by atoms with Gasteiger partial charge in [-0.2, -0.15) is 0 Å². The van der Waals surface area contributed by atoms with Crippen LogP contribution in [0.2, 0.25) is 0 Å². The maximum absolute atomic E-state index is 13.8. The van der Waals surface area contributed by atoms with Crippen molar-refractivity contribution in [3.63, 3.8) is 0 Å². The van der Waals surface area contributed by atoms with E-state index in [1.165, 1.54) is 24.8 Å². The van der Waals surface area contributed by atoms with Gasteiger partial charge in [0.05, 0.1) is 11.5 Å². The van der Waals surface area contributed by atoms with Crippen molar-refractivity contribution in [1.29, 1.82) is 0 Å². The molecule has 1 saturated heterocycles. The number of hydrogen-bond acceptors (Lipinski definition) is 3. The first kappa shape index (κ1) is 26.0. The molecule has 0 bridgehead atoms. The highest BCUT2D eigenvalue weighted by atomic mass is 16.5. The minimum absolute atomic E-state index is 0.00455. The summed E-state index contributed by atoms with van der Waals surface area (Å²) in [6, 6.07) is 8.35. The summed E-state index contributed by atoms with van der Waals surface area (Å²) >= 11 is 0. The summed E-state index contributed by atoms with van der Waals surface area (Å²) in [6.07, 6.45) is 13.4. The Hall–Kier alpha value is -2.04. The van der Waals surface area contributed by atoms with E-state index in [0.717, 1.165) is 83.0 Å². The summed E-state index contributed by atoms with van der Waals surface area (Å²) < 4.78 is 6.29. The molecule has 1 aromatic rings. The van der Waals surface area contributed by atoms with Crippen LogP contribution in [0.5, 0.6) is 5.75 Å². The van der Waals surface area contributed by atoms with Gasteiger partial charge in [-0.25, -0.2) is 0 Å². The summed E-state index contributed by atoms with van der Waals surface area (Å²) in [5.74, 6) is 2.16. The summed E-state index contributed by atoms with van der Waals surface area (Å²) in [5, 5.41) is 3.42. The fourth-order valence-electron chi connectivity index (χ4n) is 6.43. The zero-order valence-electron chi connectivity index (χ0n) is 22.0. The lowest BCUT2D eigenvalue weighted by molar-refractivity contribution is -0.144. The third-order valence-corrected chi connectivity index (χ3v) is 8.57. The molecule has 2 amide bonds. The van der Waals surface area contributed by atoms with Gasteiger partial charge in [0.25, 0.3) is 0 Å². The molecule has 2 fully saturated rings. The first-order valence-corrected chi connectivity index (χ1v) is 14.3. The minimum atomic E-state index is -0.362. The van der Waals surface area contributed by atoms with Gasteiger partial charge < -0.3 is 15.0 Å². The molecule has 5 heteroatoms. The highest BCUT2D eigenvalue weighted by molar-refractivity contribution is 5.84. The maximum Gasteiger partial charge on any atom is 0.226 e. The Labute approximate surface area is 212 Å². The van der Waals surface area contributed by atoms with Crippen LogP contribution in [0.25, 0.3) is 0 Å². The van der Waals surface area contributed by atoms with Crippen molar-refractivity contribution in [2.75, 3.05) is 19.7 Å². The number of rotatable bonds is 3. The number of hydrogen-bond donors (Lipinski definition) is 1. The van der Waals surface area contributed by atoms with E-state index in [4.69, 9.17) is 4.74 Å². The van der Waals surface area contributed by atoms with Gasteiger partial charge in [-0.05, 0) is 68.9 Å². The first-order chi connectivity index (χ1) is 17.0. The van der Waals surface area contributed by atoms with Gasteiger partial charge in [0.2, 0.25) is 11.8 Å². The smallest absolute Gasteiger partial charge is 0.226 e. The van der Waals surface area contributed by atoms with Crippen LogP contribution in [-0.4, -0.2) is 42.5 Å². The van der Waals surface area contributed by atoms with E-state index in [9.17, 15) is 9.59 Å². The van der Waals surface area contributed by atoms with Gasteiger partial charge in [0.1, 0.15) is 12.4 Å². The van der Waals surface area contributed by atoms with E-state index >= 15 is 0 Å². The number of nitrogens with one attached hydrogen (secondary N) is 1. The Kier molecular flexibility index (Phi) is 9.13. The van der Waals surface area contributed by atoms with E-state index in [2.05, 4.69) is 42.3 Å². The summed E-state index contributed by atoms with van der Waals surface area (Å²) in [6.45, 7) is 6.35. The molecular formula is C30H46N2O3. The molecule has 194 valence electrons. The summed E-state index contributed by atoms with van der Waals surface area (Å²) in [4.78, 5) is 29.1. The van der Waals surface area contributed by atoms with Gasteiger partial charge in [0.15, 0.2) is 0 Å². The van der Waals surface area contributed by atoms with E-state index in [1.54, 1.807) is 0 Å². The lowest BCUT2D eigenvalue weighted by Crippen LogP contribution is -2.54. The Bertz CT molecular complexity index is 838. The molecule has 1 aromatic carbocycles. The molecule has 0 aromatic heterocycles. The van der Waals surface area contributed by atoms with Crippen molar-refractivity contribution in [3.8, 4) is 5.75 Å². The summed E-state index contributed by atoms with van der Waals surface area (Å²) in [5.41, 5.74) is 0.907. The molecule has 0 radical (unpaired) electrons. The maximum atomic E-state index is 13.8. The van der Waals surface area contributed by atoms with Crippen molar-refractivity contribution in [1.82, 2.24) is 10.2 Å². The number of carbonyl (C=O) groups is 2.